The third-order valence-electron chi connectivity index (χ3n) is 4.28. The quantitative estimate of drug-likeness (QED) is 0.919. The molecule has 2 unspecified atom stereocenters. The van der Waals surface area contributed by atoms with Crippen molar-refractivity contribution in [2.24, 2.45) is 5.73 Å². The first-order chi connectivity index (χ1) is 9.59. The summed E-state index contributed by atoms with van der Waals surface area (Å²) in [6.45, 7) is 2.12. The predicted molar refractivity (Wildman–Crippen MR) is 78.5 cm³/mol. The van der Waals surface area contributed by atoms with Crippen LogP contribution in [0.5, 0.6) is 0 Å². The summed E-state index contributed by atoms with van der Waals surface area (Å²) < 4.78 is 5.49. The van der Waals surface area contributed by atoms with Crippen LogP contribution in [0.2, 0.25) is 5.02 Å². The number of nitrogens with zero attached hydrogens (tertiary/aromatic N) is 2. The smallest absolute Gasteiger partial charge is 0.234 e. The molecule has 5 heteroatoms. The van der Waals surface area contributed by atoms with Crippen molar-refractivity contribution >= 4 is 11.6 Å². The molecule has 3 rings (SSSR count). The molecule has 1 fully saturated rings. The minimum atomic E-state index is -0.220. The Morgan fingerprint density at radius 1 is 1.40 bits per heavy atom. The molecule has 20 heavy (non-hydrogen) atoms. The summed E-state index contributed by atoms with van der Waals surface area (Å²) >= 11 is 5.99. The van der Waals surface area contributed by atoms with Crippen LogP contribution in [0.4, 0.5) is 0 Å². The summed E-state index contributed by atoms with van der Waals surface area (Å²) in [6, 6.07) is 7.53. The van der Waals surface area contributed by atoms with Crippen molar-refractivity contribution in [1.29, 1.82) is 0 Å². The van der Waals surface area contributed by atoms with Gasteiger partial charge in [-0.2, -0.15) is 4.98 Å². The molecule has 1 aromatic carbocycles. The molecular formula is C15H18ClN3O. The van der Waals surface area contributed by atoms with E-state index in [4.69, 9.17) is 21.9 Å². The van der Waals surface area contributed by atoms with E-state index in [1.54, 1.807) is 0 Å². The summed E-state index contributed by atoms with van der Waals surface area (Å²) in [6.07, 6.45) is 4.32. The summed E-state index contributed by atoms with van der Waals surface area (Å²) in [5.74, 6) is 1.21. The summed E-state index contributed by atoms with van der Waals surface area (Å²) in [7, 11) is 0. The van der Waals surface area contributed by atoms with Crippen molar-refractivity contribution in [1.82, 2.24) is 10.1 Å². The maximum atomic E-state index is 6.27. The normalized spacial score (nSPS) is 26.6. The Hall–Kier alpha value is -1.39. The fourth-order valence-corrected chi connectivity index (χ4v) is 3.02. The van der Waals surface area contributed by atoms with Crippen LogP contribution in [0.15, 0.2) is 28.8 Å². The van der Waals surface area contributed by atoms with Crippen LogP contribution in [0.25, 0.3) is 11.4 Å². The molecule has 2 atom stereocenters. The fraction of sp³-hybridized carbons (Fsp3) is 0.467. The zero-order chi connectivity index (χ0) is 14.2. The standard InChI is InChI=1S/C15H18ClN3O/c1-15(8-3-2-7-12(15)17)14-18-13(19-20-14)10-5-4-6-11(16)9-10/h4-6,9,12H,2-3,7-8,17H2,1H3. The molecule has 0 radical (unpaired) electrons. The second-order valence-corrected chi connectivity index (χ2v) is 6.14. The molecule has 0 amide bonds. The van der Waals surface area contributed by atoms with Gasteiger partial charge in [0.2, 0.25) is 11.7 Å². The maximum Gasteiger partial charge on any atom is 0.234 e. The molecular weight excluding hydrogens is 274 g/mol. The molecule has 2 aromatic rings. The van der Waals surface area contributed by atoms with Crippen molar-refractivity contribution in [3.05, 3.63) is 35.2 Å². The van der Waals surface area contributed by atoms with Crippen LogP contribution in [0.3, 0.4) is 0 Å². The Balaban J connectivity index is 1.94. The molecule has 1 saturated carbocycles. The van der Waals surface area contributed by atoms with Gasteiger partial charge in [0.15, 0.2) is 0 Å². The van der Waals surface area contributed by atoms with Gasteiger partial charge in [-0.05, 0) is 31.9 Å². The number of hydrogen-bond acceptors (Lipinski definition) is 4. The van der Waals surface area contributed by atoms with E-state index in [1.807, 2.05) is 24.3 Å². The van der Waals surface area contributed by atoms with Crippen LogP contribution in [-0.2, 0) is 5.41 Å². The monoisotopic (exact) mass is 291 g/mol. The maximum absolute atomic E-state index is 6.27. The first-order valence-corrected chi connectivity index (χ1v) is 7.33. The molecule has 0 bridgehead atoms. The Bertz CT molecular complexity index is 613. The van der Waals surface area contributed by atoms with E-state index in [0.717, 1.165) is 24.8 Å². The van der Waals surface area contributed by atoms with Gasteiger partial charge >= 0.3 is 0 Å². The molecule has 4 nitrogen and oxygen atoms in total. The highest BCUT2D eigenvalue weighted by Crippen LogP contribution is 2.38. The van der Waals surface area contributed by atoms with Crippen LogP contribution >= 0.6 is 11.6 Å². The Kier molecular flexibility index (Phi) is 3.52. The number of rotatable bonds is 2. The highest BCUT2D eigenvalue weighted by molar-refractivity contribution is 6.30. The first kappa shape index (κ1) is 13.6. The largest absolute Gasteiger partial charge is 0.338 e. The van der Waals surface area contributed by atoms with Gasteiger partial charge in [0.1, 0.15) is 0 Å². The third kappa shape index (κ3) is 2.34. The van der Waals surface area contributed by atoms with Crippen molar-refractivity contribution in [3.8, 4) is 11.4 Å². The van der Waals surface area contributed by atoms with E-state index in [-0.39, 0.29) is 11.5 Å². The van der Waals surface area contributed by atoms with Crippen molar-refractivity contribution in [2.75, 3.05) is 0 Å². The van der Waals surface area contributed by atoms with E-state index in [0.29, 0.717) is 16.7 Å². The highest BCUT2D eigenvalue weighted by atomic mass is 35.5. The lowest BCUT2D eigenvalue weighted by molar-refractivity contribution is 0.203. The van der Waals surface area contributed by atoms with Gasteiger partial charge in [-0.1, -0.05) is 41.7 Å². The van der Waals surface area contributed by atoms with E-state index in [1.165, 1.54) is 6.42 Å². The van der Waals surface area contributed by atoms with Crippen molar-refractivity contribution in [2.45, 2.75) is 44.1 Å². The summed E-state index contributed by atoms with van der Waals surface area (Å²) in [5, 5.41) is 4.74. The molecule has 1 aliphatic rings. The van der Waals surface area contributed by atoms with E-state index in [2.05, 4.69) is 17.1 Å². The van der Waals surface area contributed by atoms with Gasteiger partial charge in [0, 0.05) is 16.6 Å². The number of benzene rings is 1. The molecule has 106 valence electrons. The number of nitrogens with two attached hydrogens (primary N) is 1. The highest BCUT2D eigenvalue weighted by Gasteiger charge is 2.40. The van der Waals surface area contributed by atoms with Gasteiger partial charge in [0.25, 0.3) is 0 Å². The van der Waals surface area contributed by atoms with E-state index >= 15 is 0 Å². The Labute approximate surface area is 123 Å². The van der Waals surface area contributed by atoms with Crippen molar-refractivity contribution in [3.63, 3.8) is 0 Å². The molecule has 0 saturated heterocycles. The zero-order valence-corrected chi connectivity index (χ0v) is 12.2. The molecule has 0 spiro atoms. The van der Waals surface area contributed by atoms with Gasteiger partial charge < -0.3 is 10.3 Å². The molecule has 0 aliphatic heterocycles. The van der Waals surface area contributed by atoms with E-state index in [9.17, 15) is 0 Å². The van der Waals surface area contributed by atoms with Gasteiger partial charge in [-0.3, -0.25) is 0 Å². The molecule has 1 aliphatic carbocycles. The topological polar surface area (TPSA) is 64.9 Å². The van der Waals surface area contributed by atoms with Crippen LogP contribution in [0.1, 0.15) is 38.5 Å². The van der Waals surface area contributed by atoms with Crippen LogP contribution in [-0.4, -0.2) is 16.2 Å². The first-order valence-electron chi connectivity index (χ1n) is 6.95. The molecule has 2 N–H and O–H groups in total. The number of hydrogen-bond donors (Lipinski definition) is 1. The van der Waals surface area contributed by atoms with Crippen LogP contribution < -0.4 is 5.73 Å². The minimum Gasteiger partial charge on any atom is -0.338 e. The third-order valence-corrected chi connectivity index (χ3v) is 4.51. The zero-order valence-electron chi connectivity index (χ0n) is 11.5. The fourth-order valence-electron chi connectivity index (χ4n) is 2.83. The Morgan fingerprint density at radius 2 is 2.25 bits per heavy atom. The molecule has 1 aromatic heterocycles. The second kappa shape index (κ2) is 5.19. The van der Waals surface area contributed by atoms with Gasteiger partial charge in [0.05, 0.1) is 5.41 Å². The second-order valence-electron chi connectivity index (χ2n) is 5.70. The van der Waals surface area contributed by atoms with E-state index < -0.39 is 0 Å². The lowest BCUT2D eigenvalue weighted by Gasteiger charge is -2.35. The summed E-state index contributed by atoms with van der Waals surface area (Å²) in [5.41, 5.74) is 6.91. The Morgan fingerprint density at radius 3 is 3.00 bits per heavy atom. The SMILES string of the molecule is CC1(c2nc(-c3cccc(Cl)c3)no2)CCCCC1N. The van der Waals surface area contributed by atoms with Gasteiger partial charge in [-0.15, -0.1) is 0 Å². The minimum absolute atomic E-state index is 0.0731. The summed E-state index contributed by atoms with van der Waals surface area (Å²) in [4.78, 5) is 4.55. The van der Waals surface area contributed by atoms with Crippen molar-refractivity contribution < 1.29 is 4.52 Å². The number of halogens is 1. The average molecular weight is 292 g/mol. The average Bonchev–Trinajstić information content (AvgIpc) is 2.93. The molecule has 1 heterocycles. The number of aromatic nitrogens is 2. The van der Waals surface area contributed by atoms with Gasteiger partial charge in [-0.25, -0.2) is 0 Å². The lowest BCUT2D eigenvalue weighted by atomic mass is 9.72. The lowest BCUT2D eigenvalue weighted by Crippen LogP contribution is -2.45. The predicted octanol–water partition coefficient (Wildman–Crippen LogP) is 3.55. The van der Waals surface area contributed by atoms with Crippen LogP contribution in [0, 0.1) is 0 Å².